The molecular formula is C22H23N3O4. The maximum absolute atomic E-state index is 12.3. The Bertz CT molecular complexity index is 923. The molecule has 2 heterocycles. The minimum atomic E-state index is -1.60. The predicted molar refractivity (Wildman–Crippen MR) is 109 cm³/mol. The van der Waals surface area contributed by atoms with Gasteiger partial charge in [-0.15, -0.1) is 0 Å². The number of nitrogens with one attached hydrogen (secondary N) is 1. The Morgan fingerprint density at radius 1 is 1.17 bits per heavy atom. The van der Waals surface area contributed by atoms with Crippen molar-refractivity contribution in [1.29, 1.82) is 0 Å². The Morgan fingerprint density at radius 2 is 1.97 bits per heavy atom. The normalized spacial score (nSPS) is 21.2. The molecule has 2 N–H and O–H groups in total. The van der Waals surface area contributed by atoms with Gasteiger partial charge in [-0.25, -0.2) is 9.79 Å². The fourth-order valence-corrected chi connectivity index (χ4v) is 3.40. The molecule has 1 saturated heterocycles. The summed E-state index contributed by atoms with van der Waals surface area (Å²) in [5.41, 5.74) is -0.0583. The third-order valence-corrected chi connectivity index (χ3v) is 4.97. The molecule has 29 heavy (non-hydrogen) atoms. The fraction of sp³-hybridized carbons (Fsp3) is 0.273. The zero-order valence-corrected chi connectivity index (χ0v) is 16.0. The number of allylic oxidation sites excluding steroid dienone is 1. The first-order valence-electron chi connectivity index (χ1n) is 9.54. The number of aliphatic carboxylic acids is 1. The average molecular weight is 393 g/mol. The SMILES string of the molecule is O=C(O)C1(c2cccc(OCc3ccccc3)c2)N=CC=C(N2CCOCC2)N1. The van der Waals surface area contributed by atoms with Gasteiger partial charge in [0.25, 0.3) is 5.66 Å². The second-order valence-corrected chi connectivity index (χ2v) is 6.87. The lowest BCUT2D eigenvalue weighted by molar-refractivity contribution is -0.145. The van der Waals surface area contributed by atoms with Gasteiger partial charge in [-0.1, -0.05) is 42.5 Å². The van der Waals surface area contributed by atoms with E-state index in [1.807, 2.05) is 36.4 Å². The van der Waals surface area contributed by atoms with Crippen molar-refractivity contribution in [2.45, 2.75) is 12.3 Å². The lowest BCUT2D eigenvalue weighted by Crippen LogP contribution is -2.53. The number of aliphatic imine (C=N–C) groups is 1. The molecule has 0 saturated carbocycles. The molecule has 1 atom stereocenters. The molecule has 0 spiro atoms. The summed E-state index contributed by atoms with van der Waals surface area (Å²) in [5.74, 6) is 0.237. The maximum Gasteiger partial charge on any atom is 0.357 e. The van der Waals surface area contributed by atoms with Crippen LogP contribution in [0.25, 0.3) is 0 Å². The Labute approximate surface area is 169 Å². The van der Waals surface area contributed by atoms with E-state index in [0.29, 0.717) is 44.2 Å². The number of morpholine rings is 1. The zero-order chi connectivity index (χ0) is 20.1. The van der Waals surface area contributed by atoms with Crippen molar-refractivity contribution in [3.63, 3.8) is 0 Å². The fourth-order valence-electron chi connectivity index (χ4n) is 3.40. The average Bonchev–Trinajstić information content (AvgIpc) is 2.79. The van der Waals surface area contributed by atoms with E-state index in [9.17, 15) is 9.90 Å². The number of hydrogen-bond donors (Lipinski definition) is 2. The van der Waals surface area contributed by atoms with Crippen molar-refractivity contribution >= 4 is 12.2 Å². The second-order valence-electron chi connectivity index (χ2n) is 6.87. The monoisotopic (exact) mass is 393 g/mol. The summed E-state index contributed by atoms with van der Waals surface area (Å²) in [6.07, 6.45) is 3.34. The van der Waals surface area contributed by atoms with E-state index < -0.39 is 11.6 Å². The van der Waals surface area contributed by atoms with Gasteiger partial charge in [-0.05, 0) is 23.8 Å². The molecule has 1 unspecified atom stereocenters. The van der Waals surface area contributed by atoms with Crippen LogP contribution in [0, 0.1) is 0 Å². The van der Waals surface area contributed by atoms with Gasteiger partial charge in [0.15, 0.2) is 0 Å². The zero-order valence-electron chi connectivity index (χ0n) is 16.0. The van der Waals surface area contributed by atoms with Crippen molar-refractivity contribution in [1.82, 2.24) is 10.2 Å². The van der Waals surface area contributed by atoms with Crippen LogP contribution in [0.15, 0.2) is 71.5 Å². The summed E-state index contributed by atoms with van der Waals surface area (Å²) >= 11 is 0. The van der Waals surface area contributed by atoms with Gasteiger partial charge in [-0.2, -0.15) is 0 Å². The first kappa shape index (κ1) is 19.0. The van der Waals surface area contributed by atoms with E-state index >= 15 is 0 Å². The number of carbonyl (C=O) groups is 1. The first-order chi connectivity index (χ1) is 14.2. The lowest BCUT2D eigenvalue weighted by Gasteiger charge is -2.38. The van der Waals surface area contributed by atoms with Crippen LogP contribution in [0.2, 0.25) is 0 Å². The van der Waals surface area contributed by atoms with Gasteiger partial charge in [0.1, 0.15) is 18.2 Å². The molecule has 2 aliphatic rings. The molecule has 0 amide bonds. The summed E-state index contributed by atoms with van der Waals surface area (Å²) in [5, 5.41) is 13.2. The molecule has 7 heteroatoms. The van der Waals surface area contributed by atoms with Gasteiger partial charge >= 0.3 is 5.97 Å². The highest BCUT2D eigenvalue weighted by molar-refractivity contribution is 5.86. The molecular weight excluding hydrogens is 370 g/mol. The van der Waals surface area contributed by atoms with Crippen molar-refractivity contribution < 1.29 is 19.4 Å². The Morgan fingerprint density at radius 3 is 2.72 bits per heavy atom. The minimum absolute atomic E-state index is 0.403. The molecule has 0 bridgehead atoms. The van der Waals surface area contributed by atoms with Crippen LogP contribution in [0.4, 0.5) is 0 Å². The number of ether oxygens (including phenoxy) is 2. The number of hydrogen-bond acceptors (Lipinski definition) is 6. The molecule has 0 aromatic heterocycles. The quantitative estimate of drug-likeness (QED) is 0.784. The van der Waals surface area contributed by atoms with Crippen LogP contribution in [0.1, 0.15) is 11.1 Å². The van der Waals surface area contributed by atoms with Gasteiger partial charge < -0.3 is 24.8 Å². The van der Waals surface area contributed by atoms with E-state index in [-0.39, 0.29) is 0 Å². The van der Waals surface area contributed by atoms with Crippen molar-refractivity contribution in [3.8, 4) is 5.75 Å². The molecule has 2 aromatic carbocycles. The first-order valence-corrected chi connectivity index (χ1v) is 9.54. The van der Waals surface area contributed by atoms with Crippen LogP contribution in [0.5, 0.6) is 5.75 Å². The van der Waals surface area contributed by atoms with Crippen LogP contribution in [-0.2, 0) is 21.8 Å². The topological polar surface area (TPSA) is 83.4 Å². The summed E-state index contributed by atoms with van der Waals surface area (Å²) in [6.45, 7) is 3.02. The van der Waals surface area contributed by atoms with E-state index in [1.165, 1.54) is 0 Å². The van der Waals surface area contributed by atoms with Gasteiger partial charge in [0.05, 0.1) is 13.2 Å². The van der Waals surface area contributed by atoms with Crippen LogP contribution >= 0.6 is 0 Å². The highest BCUT2D eigenvalue weighted by Crippen LogP contribution is 2.30. The Hall–Kier alpha value is -3.32. The molecule has 0 aliphatic carbocycles. The van der Waals surface area contributed by atoms with Gasteiger partial charge in [0, 0.05) is 24.9 Å². The van der Waals surface area contributed by atoms with Gasteiger partial charge in [-0.3, -0.25) is 0 Å². The smallest absolute Gasteiger partial charge is 0.357 e. The van der Waals surface area contributed by atoms with Crippen LogP contribution < -0.4 is 10.1 Å². The number of nitrogens with zero attached hydrogens (tertiary/aromatic N) is 2. The van der Waals surface area contributed by atoms with E-state index in [4.69, 9.17) is 9.47 Å². The van der Waals surface area contributed by atoms with E-state index in [1.54, 1.807) is 30.5 Å². The Kier molecular flexibility index (Phi) is 5.48. The molecule has 0 radical (unpaired) electrons. The third kappa shape index (κ3) is 4.09. The number of benzene rings is 2. The third-order valence-electron chi connectivity index (χ3n) is 4.97. The summed E-state index contributed by atoms with van der Waals surface area (Å²) in [7, 11) is 0. The molecule has 150 valence electrons. The van der Waals surface area contributed by atoms with Crippen molar-refractivity contribution in [3.05, 3.63) is 77.6 Å². The highest BCUT2D eigenvalue weighted by atomic mass is 16.5. The molecule has 2 aliphatic heterocycles. The molecule has 1 fully saturated rings. The Balaban J connectivity index is 1.56. The largest absolute Gasteiger partial charge is 0.489 e. The maximum atomic E-state index is 12.3. The van der Waals surface area contributed by atoms with E-state index in [2.05, 4.69) is 15.2 Å². The van der Waals surface area contributed by atoms with Crippen molar-refractivity contribution in [2.75, 3.05) is 26.3 Å². The molecule has 7 nitrogen and oxygen atoms in total. The van der Waals surface area contributed by atoms with Crippen LogP contribution in [0.3, 0.4) is 0 Å². The number of carboxylic acid groups (broad SMARTS) is 1. The minimum Gasteiger partial charge on any atom is -0.489 e. The standard InChI is InChI=1S/C22H23N3O4/c26-21(27)22(23-10-9-20(24-22)25-11-13-28-14-12-25)18-7-4-8-19(15-18)29-16-17-5-2-1-3-6-17/h1-10,15,24H,11-14,16H2,(H,26,27). The second kappa shape index (κ2) is 8.36. The number of carboxylic acids is 1. The van der Waals surface area contributed by atoms with E-state index in [0.717, 1.165) is 11.4 Å². The molecule has 4 rings (SSSR count). The molecule has 2 aromatic rings. The van der Waals surface area contributed by atoms with Gasteiger partial charge in [0.2, 0.25) is 0 Å². The van der Waals surface area contributed by atoms with Crippen molar-refractivity contribution in [2.24, 2.45) is 4.99 Å². The predicted octanol–water partition coefficient (Wildman–Crippen LogP) is 2.35. The summed E-state index contributed by atoms with van der Waals surface area (Å²) in [4.78, 5) is 18.7. The summed E-state index contributed by atoms with van der Waals surface area (Å²) in [6, 6.07) is 16.9. The van der Waals surface area contributed by atoms with Crippen LogP contribution in [-0.4, -0.2) is 48.5 Å². The number of rotatable bonds is 6. The highest BCUT2D eigenvalue weighted by Gasteiger charge is 2.43. The lowest BCUT2D eigenvalue weighted by atomic mass is 9.98. The summed E-state index contributed by atoms with van der Waals surface area (Å²) < 4.78 is 11.3.